The minimum atomic E-state index is -0.315. The number of benzene rings is 6. The molecule has 4 aliphatic rings. The van der Waals surface area contributed by atoms with Crippen molar-refractivity contribution in [1.82, 2.24) is 9.15 Å². The molecule has 0 spiro atoms. The van der Waals surface area contributed by atoms with Gasteiger partial charge < -0.3 is 99.1 Å². The van der Waals surface area contributed by atoms with Gasteiger partial charge >= 0.3 is 46.1 Å². The molecule has 2 heterocycles. The van der Waals surface area contributed by atoms with E-state index in [0.717, 1.165) is 141 Å². The maximum atomic E-state index is 12.9. The van der Waals surface area contributed by atoms with E-state index in [1.807, 2.05) is 62.4 Å². The molecule has 84 heavy (non-hydrogen) atoms. The zero-order chi connectivity index (χ0) is 61.9. The SMILES string of the molecule is CCOC(=O)c1ccccc1-c1c2ccc(=[N+](CC)CC)cc-2oc2cc(N(CC)CC)ccc12.CCOC(=O)c1ccccc1-c1c2ccc(=[N+](CC)CC)cc-2oc2cc(N(CC)CC)ccc12.[C-]#N.[C-]#N.[C-]#N.[C-]#N.[C-]#N.[C-]#N.[Cu+2].[Fe+2]. The Morgan fingerprint density at radius 1 is 0.429 bits per heavy atom. The maximum absolute atomic E-state index is 12.9. The summed E-state index contributed by atoms with van der Waals surface area (Å²) in [6.45, 7) is 57.4. The fourth-order valence-corrected chi connectivity index (χ4v) is 9.63. The van der Waals surface area contributed by atoms with Crippen LogP contribution in [0.3, 0.4) is 0 Å². The zero-order valence-corrected chi connectivity index (χ0v) is 51.2. The maximum Gasteiger partial charge on any atom is 2.00 e. The van der Waals surface area contributed by atoms with Crippen LogP contribution in [0.5, 0.6) is 0 Å². The summed E-state index contributed by atoms with van der Waals surface area (Å²) in [5.74, 6) is 0.967. The second-order valence-electron chi connectivity index (χ2n) is 16.9. The Kier molecular flexibility index (Phi) is 38.2. The number of carbonyl (C=O) groups excluding carboxylic acids is 2. The number of anilines is 2. The van der Waals surface area contributed by atoms with Crippen LogP contribution in [0.15, 0.2) is 130 Å². The van der Waals surface area contributed by atoms with E-state index in [2.05, 4.69) is 147 Å². The normalized spacial score (nSPS) is 9.40. The Bertz CT molecular complexity index is 3260. The quantitative estimate of drug-likeness (QED) is 0.0288. The second-order valence-corrected chi connectivity index (χ2v) is 16.9. The summed E-state index contributed by atoms with van der Waals surface area (Å²) in [6.07, 6.45) is 0. The first-order valence-corrected chi connectivity index (χ1v) is 26.7. The molecule has 439 valence electrons. The minimum absolute atomic E-state index is 0. The third-order valence-electron chi connectivity index (χ3n) is 13.3. The molecule has 0 saturated carbocycles. The Morgan fingerprint density at radius 3 is 1.02 bits per heavy atom. The number of fused-ring (bicyclic) bond motifs is 4. The van der Waals surface area contributed by atoms with Crippen molar-refractivity contribution >= 4 is 45.3 Å². The van der Waals surface area contributed by atoms with Gasteiger partial charge in [-0.1, -0.05) is 36.4 Å². The monoisotopic (exact) mass is 1220 g/mol. The fourth-order valence-electron chi connectivity index (χ4n) is 9.63. The largest absolute Gasteiger partial charge is 2.00 e. The van der Waals surface area contributed by atoms with Crippen molar-refractivity contribution in [2.75, 3.05) is 75.4 Å². The Hall–Kier alpha value is -9.22. The van der Waals surface area contributed by atoms with Crippen molar-refractivity contribution in [3.63, 3.8) is 0 Å². The molecule has 1 radical (unpaired) electrons. The molecule has 2 aliphatic heterocycles. The van der Waals surface area contributed by atoms with E-state index in [4.69, 9.17) is 89.3 Å². The molecule has 16 nitrogen and oxygen atoms in total. The molecule has 4 aromatic carbocycles. The van der Waals surface area contributed by atoms with E-state index < -0.39 is 0 Å². The van der Waals surface area contributed by atoms with Crippen molar-refractivity contribution in [2.24, 2.45) is 0 Å². The van der Waals surface area contributed by atoms with E-state index in [1.54, 1.807) is 0 Å². The summed E-state index contributed by atoms with van der Waals surface area (Å²) in [5, 5.41) is 41.7. The van der Waals surface area contributed by atoms with Crippen LogP contribution in [0.25, 0.3) is 66.8 Å². The summed E-state index contributed by atoms with van der Waals surface area (Å²) >= 11 is 0. The van der Waals surface area contributed by atoms with Crippen molar-refractivity contribution in [2.45, 2.75) is 69.2 Å². The van der Waals surface area contributed by atoms with Crippen molar-refractivity contribution in [3.8, 4) is 44.9 Å². The van der Waals surface area contributed by atoms with Crippen LogP contribution in [0.4, 0.5) is 11.4 Å². The number of hydrogen-bond acceptors (Lipinski definition) is 14. The molecule has 0 bridgehead atoms. The van der Waals surface area contributed by atoms with Crippen LogP contribution < -0.4 is 29.7 Å². The van der Waals surface area contributed by atoms with Gasteiger partial charge in [0.2, 0.25) is 10.7 Å². The van der Waals surface area contributed by atoms with Crippen LogP contribution in [0.2, 0.25) is 0 Å². The van der Waals surface area contributed by atoms with Crippen LogP contribution in [0, 0.1) is 71.0 Å². The number of carbonyl (C=O) groups is 2. The fraction of sp³-hybridized carbons (Fsp3) is 0.303. The van der Waals surface area contributed by atoms with Crippen molar-refractivity contribution in [3.05, 3.63) is 183 Å². The van der Waals surface area contributed by atoms with Crippen LogP contribution in [-0.2, 0) is 43.6 Å². The van der Waals surface area contributed by atoms with E-state index >= 15 is 0 Å². The van der Waals surface area contributed by atoms with E-state index in [0.29, 0.717) is 24.3 Å². The second kappa shape index (κ2) is 41.7. The topological polar surface area (TPSA) is 234 Å². The van der Waals surface area contributed by atoms with Gasteiger partial charge in [-0.2, -0.15) is 0 Å². The van der Waals surface area contributed by atoms with Gasteiger partial charge in [-0.3, -0.25) is 0 Å². The van der Waals surface area contributed by atoms with Gasteiger partial charge in [0.15, 0.2) is 0 Å². The Morgan fingerprint density at radius 2 is 0.738 bits per heavy atom. The third kappa shape index (κ3) is 18.4. The predicted octanol–water partition coefficient (Wildman–Crippen LogP) is 12.7. The average Bonchev–Trinajstić information content (AvgIpc) is 2.10. The van der Waals surface area contributed by atoms with Gasteiger partial charge in [-0.25, -0.2) is 18.7 Å². The van der Waals surface area contributed by atoms with Gasteiger partial charge in [-0.05, 0) is 129 Å². The van der Waals surface area contributed by atoms with Crippen molar-refractivity contribution in [1.29, 1.82) is 31.6 Å². The molecule has 0 atom stereocenters. The number of rotatable bonds is 16. The summed E-state index contributed by atoms with van der Waals surface area (Å²) in [5.41, 5.74) is 10.6. The standard InChI is InChI=1S/2C30H35N2O3.6CN.Cu.Fe/c2*1-6-31(7-2)21-15-17-25-27(19-21)35-28-20-22(32(8-3)9-4)16-18-26(28)29(25)23-13-11-12-14-24(23)30(33)34-10-5;6*1-2;;/h2*11-20H,6-10H2,1-5H3;;;;;;;;/q2*+1;6*-1;2*+2. The smallest absolute Gasteiger partial charge is 0.512 e. The van der Waals surface area contributed by atoms with Gasteiger partial charge in [0.1, 0.15) is 48.9 Å². The Balaban J connectivity index is 0. The molecular formula is C66H70CuFeN10O6. The third-order valence-corrected chi connectivity index (χ3v) is 13.3. The van der Waals surface area contributed by atoms with Crippen LogP contribution >= 0.6 is 0 Å². The number of ether oxygens (including phenoxy) is 2. The molecule has 0 amide bonds. The molecule has 2 aliphatic carbocycles. The zero-order valence-electron chi connectivity index (χ0n) is 49.2. The summed E-state index contributed by atoms with van der Waals surface area (Å²) in [7, 11) is 0. The molecular weight excluding hydrogens is 1150 g/mol. The van der Waals surface area contributed by atoms with E-state index in [-0.39, 0.29) is 46.1 Å². The predicted molar refractivity (Wildman–Crippen MR) is 318 cm³/mol. The molecule has 8 rings (SSSR count). The first-order valence-electron chi connectivity index (χ1n) is 26.7. The number of esters is 2. The molecule has 0 fully saturated rings. The van der Waals surface area contributed by atoms with E-state index in [9.17, 15) is 9.59 Å². The Labute approximate surface area is 517 Å². The number of nitrogens with zero attached hydrogens (tertiary/aromatic N) is 10. The summed E-state index contributed by atoms with van der Waals surface area (Å²) in [4.78, 5) is 30.4. The first-order chi connectivity index (χ1) is 40.1. The van der Waals surface area contributed by atoms with Crippen LogP contribution in [-0.4, -0.2) is 77.5 Å². The van der Waals surface area contributed by atoms with Crippen LogP contribution in [0.1, 0.15) is 90.0 Å². The van der Waals surface area contributed by atoms with Crippen molar-refractivity contribution < 1.29 is 62.0 Å². The molecule has 0 N–H and O–H groups in total. The van der Waals surface area contributed by atoms with Gasteiger partial charge in [0.25, 0.3) is 0 Å². The van der Waals surface area contributed by atoms with Gasteiger partial charge in [0.05, 0.1) is 36.5 Å². The minimum Gasteiger partial charge on any atom is -0.512 e. The van der Waals surface area contributed by atoms with E-state index in [1.165, 1.54) is 0 Å². The van der Waals surface area contributed by atoms with Gasteiger partial charge in [0, 0.05) is 94.8 Å². The average molecular weight is 1220 g/mol. The van der Waals surface area contributed by atoms with Gasteiger partial charge in [-0.15, -0.1) is 0 Å². The molecule has 4 aromatic rings. The summed E-state index contributed by atoms with van der Waals surface area (Å²) < 4.78 is 28.5. The number of hydrogen-bond donors (Lipinski definition) is 0. The summed E-state index contributed by atoms with van der Waals surface area (Å²) in [6, 6.07) is 40.8. The molecule has 0 unspecified atom stereocenters. The molecule has 18 heteroatoms. The first kappa shape index (κ1) is 76.8. The molecule has 0 aromatic heterocycles. The molecule has 0 saturated heterocycles.